The van der Waals surface area contributed by atoms with Crippen LogP contribution in [-0.2, 0) is 0 Å². The molecule has 4 N–H and O–H groups in total. The summed E-state index contributed by atoms with van der Waals surface area (Å²) in [4.78, 5) is 13.9. The molecule has 0 aliphatic rings. The number of aromatic nitrogens is 1. The molecule has 0 bridgehead atoms. The van der Waals surface area contributed by atoms with Crippen molar-refractivity contribution in [3.8, 4) is 0 Å². The molecule has 7 heteroatoms. The first-order valence-corrected chi connectivity index (χ1v) is 5.34. The maximum atomic E-state index is 10.5. The van der Waals surface area contributed by atoms with Gasteiger partial charge >= 0.3 is 5.69 Å². The van der Waals surface area contributed by atoms with E-state index >= 15 is 0 Å². The molecule has 1 atom stereocenters. The monoisotopic (exact) mass is 239 g/mol. The Morgan fingerprint density at radius 2 is 2.24 bits per heavy atom. The normalized spacial score (nSPS) is 12.1. The van der Waals surface area contributed by atoms with E-state index in [2.05, 4.69) is 22.5 Å². The maximum absolute atomic E-state index is 10.5. The fourth-order valence-electron chi connectivity index (χ4n) is 1.42. The molecule has 0 aliphatic heterocycles. The van der Waals surface area contributed by atoms with Gasteiger partial charge in [0.1, 0.15) is 5.82 Å². The van der Waals surface area contributed by atoms with E-state index in [1.165, 1.54) is 6.07 Å². The van der Waals surface area contributed by atoms with Crippen LogP contribution in [0.1, 0.15) is 6.92 Å². The Morgan fingerprint density at radius 3 is 2.76 bits per heavy atom. The first kappa shape index (κ1) is 13.2. The fourth-order valence-corrected chi connectivity index (χ4v) is 1.42. The van der Waals surface area contributed by atoms with Crippen LogP contribution in [0.5, 0.6) is 0 Å². The number of nitro groups is 1. The third-order valence-corrected chi connectivity index (χ3v) is 2.28. The van der Waals surface area contributed by atoms with E-state index in [9.17, 15) is 10.1 Å². The van der Waals surface area contributed by atoms with Gasteiger partial charge in [0.2, 0.25) is 5.82 Å². The van der Waals surface area contributed by atoms with Crippen LogP contribution in [0.15, 0.2) is 12.1 Å². The highest BCUT2D eigenvalue weighted by atomic mass is 16.6. The van der Waals surface area contributed by atoms with E-state index in [1.807, 2.05) is 7.05 Å². The highest BCUT2D eigenvalue weighted by Crippen LogP contribution is 2.20. The van der Waals surface area contributed by atoms with Gasteiger partial charge in [-0.15, -0.1) is 0 Å². The molecule has 0 spiro atoms. The summed E-state index contributed by atoms with van der Waals surface area (Å²) in [6.45, 7) is 3.69. The van der Waals surface area contributed by atoms with Crippen LogP contribution in [0, 0.1) is 16.0 Å². The quantitative estimate of drug-likeness (QED) is 0.501. The molecule has 17 heavy (non-hydrogen) atoms. The number of hydrogen-bond donors (Lipinski definition) is 3. The molecular weight excluding hydrogens is 222 g/mol. The molecule has 0 aliphatic carbocycles. The zero-order valence-corrected chi connectivity index (χ0v) is 9.93. The zero-order chi connectivity index (χ0) is 12.8. The molecule has 1 rings (SSSR count). The van der Waals surface area contributed by atoms with Crippen LogP contribution in [0.2, 0.25) is 0 Å². The number of hydrogen-bond acceptors (Lipinski definition) is 6. The van der Waals surface area contributed by atoms with Gasteiger partial charge in [-0.3, -0.25) is 10.1 Å². The van der Waals surface area contributed by atoms with Crippen molar-refractivity contribution in [2.24, 2.45) is 5.92 Å². The lowest BCUT2D eigenvalue weighted by atomic mass is 10.2. The van der Waals surface area contributed by atoms with Crippen LogP contribution in [0.4, 0.5) is 17.3 Å². The van der Waals surface area contributed by atoms with Gasteiger partial charge in [0.25, 0.3) is 0 Å². The van der Waals surface area contributed by atoms with Crippen LogP contribution in [0.25, 0.3) is 0 Å². The highest BCUT2D eigenvalue weighted by molar-refractivity contribution is 5.57. The van der Waals surface area contributed by atoms with Crippen molar-refractivity contribution >= 4 is 17.3 Å². The van der Waals surface area contributed by atoms with Crippen LogP contribution in [-0.4, -0.2) is 30.0 Å². The summed E-state index contributed by atoms with van der Waals surface area (Å²) in [6.07, 6.45) is 0. The second-order valence-corrected chi connectivity index (χ2v) is 3.90. The molecule has 0 saturated heterocycles. The van der Waals surface area contributed by atoms with Gasteiger partial charge in [0.15, 0.2) is 0 Å². The van der Waals surface area contributed by atoms with Gasteiger partial charge < -0.3 is 16.4 Å². The summed E-state index contributed by atoms with van der Waals surface area (Å²) in [5, 5.41) is 16.7. The van der Waals surface area contributed by atoms with Gasteiger partial charge in [0, 0.05) is 12.6 Å². The second kappa shape index (κ2) is 6.00. The average molecular weight is 239 g/mol. The van der Waals surface area contributed by atoms with E-state index in [1.54, 1.807) is 6.07 Å². The molecule has 94 valence electrons. The first-order valence-electron chi connectivity index (χ1n) is 5.34. The number of rotatable bonds is 6. The molecule has 1 heterocycles. The molecule has 0 aromatic carbocycles. The Balaban J connectivity index is 2.62. The lowest BCUT2D eigenvalue weighted by molar-refractivity contribution is -0.384. The van der Waals surface area contributed by atoms with Crippen molar-refractivity contribution in [1.82, 2.24) is 10.3 Å². The van der Waals surface area contributed by atoms with E-state index in [-0.39, 0.29) is 11.5 Å². The largest absolute Gasteiger partial charge is 0.378 e. The van der Waals surface area contributed by atoms with Crippen LogP contribution >= 0.6 is 0 Å². The number of anilines is 2. The summed E-state index contributed by atoms with van der Waals surface area (Å²) in [5.74, 6) is 0.913. The van der Waals surface area contributed by atoms with Crippen molar-refractivity contribution in [3.05, 3.63) is 22.2 Å². The molecule has 7 nitrogen and oxygen atoms in total. The SMILES string of the molecule is CNCC(C)CNc1ccc([N+](=O)[O-])c(N)n1. The average Bonchev–Trinajstić information content (AvgIpc) is 2.26. The molecule has 1 aromatic rings. The zero-order valence-electron chi connectivity index (χ0n) is 9.93. The smallest absolute Gasteiger partial charge is 0.311 e. The van der Waals surface area contributed by atoms with Crippen LogP contribution < -0.4 is 16.4 Å². The lowest BCUT2D eigenvalue weighted by Gasteiger charge is -2.12. The number of nitrogens with one attached hydrogen (secondary N) is 2. The van der Waals surface area contributed by atoms with E-state index in [0.29, 0.717) is 11.7 Å². The van der Waals surface area contributed by atoms with Gasteiger partial charge in [-0.2, -0.15) is 0 Å². The number of nitrogen functional groups attached to an aromatic ring is 1. The molecule has 0 amide bonds. The van der Waals surface area contributed by atoms with E-state index in [0.717, 1.165) is 13.1 Å². The second-order valence-electron chi connectivity index (χ2n) is 3.90. The van der Waals surface area contributed by atoms with Crippen molar-refractivity contribution in [1.29, 1.82) is 0 Å². The number of nitrogens with two attached hydrogens (primary N) is 1. The Hall–Kier alpha value is -1.89. The minimum Gasteiger partial charge on any atom is -0.378 e. The predicted molar refractivity (Wildman–Crippen MR) is 66.9 cm³/mol. The molecule has 0 saturated carbocycles. The van der Waals surface area contributed by atoms with Crippen LogP contribution in [0.3, 0.4) is 0 Å². The molecule has 0 radical (unpaired) electrons. The van der Waals surface area contributed by atoms with Gasteiger partial charge in [-0.05, 0) is 25.6 Å². The third kappa shape index (κ3) is 3.87. The summed E-state index contributed by atoms with van der Waals surface area (Å²) in [7, 11) is 1.89. The molecule has 1 aromatic heterocycles. The minimum atomic E-state index is -0.546. The number of nitrogens with zero attached hydrogens (tertiary/aromatic N) is 2. The Kier molecular flexibility index (Phi) is 4.65. The lowest BCUT2D eigenvalue weighted by Crippen LogP contribution is -2.23. The maximum Gasteiger partial charge on any atom is 0.311 e. The summed E-state index contributed by atoms with van der Waals surface area (Å²) in [5.41, 5.74) is 5.31. The summed E-state index contributed by atoms with van der Waals surface area (Å²) < 4.78 is 0. The van der Waals surface area contributed by atoms with Gasteiger partial charge in [0.05, 0.1) is 4.92 Å². The Morgan fingerprint density at radius 1 is 1.53 bits per heavy atom. The molecule has 0 fully saturated rings. The van der Waals surface area contributed by atoms with Crippen molar-refractivity contribution in [3.63, 3.8) is 0 Å². The Labute approximate surface area is 99.6 Å². The van der Waals surface area contributed by atoms with Crippen molar-refractivity contribution < 1.29 is 4.92 Å². The first-order chi connectivity index (χ1) is 8.04. The van der Waals surface area contributed by atoms with Gasteiger partial charge in [-0.25, -0.2) is 4.98 Å². The molecular formula is C10H17N5O2. The predicted octanol–water partition coefficient (Wildman–Crippen LogP) is 0.839. The standard InChI is InChI=1S/C10H17N5O2/c1-7(5-12-2)6-13-9-4-3-8(15(16)17)10(11)14-9/h3-4,7,12H,5-6H2,1-2H3,(H3,11,13,14). The van der Waals surface area contributed by atoms with Crippen molar-refractivity contribution in [2.45, 2.75) is 6.92 Å². The highest BCUT2D eigenvalue weighted by Gasteiger charge is 2.12. The molecule has 1 unspecified atom stereocenters. The summed E-state index contributed by atoms with van der Waals surface area (Å²) >= 11 is 0. The summed E-state index contributed by atoms with van der Waals surface area (Å²) in [6, 6.07) is 2.91. The van der Waals surface area contributed by atoms with E-state index < -0.39 is 4.92 Å². The van der Waals surface area contributed by atoms with Crippen molar-refractivity contribution in [2.75, 3.05) is 31.2 Å². The van der Waals surface area contributed by atoms with E-state index in [4.69, 9.17) is 5.73 Å². The number of pyridine rings is 1. The van der Waals surface area contributed by atoms with Gasteiger partial charge in [-0.1, -0.05) is 6.92 Å². The fraction of sp³-hybridized carbons (Fsp3) is 0.500. The topological polar surface area (TPSA) is 106 Å². The minimum absolute atomic E-state index is 0.0683. The third-order valence-electron chi connectivity index (χ3n) is 2.28. The Bertz CT molecular complexity index is 396.